The van der Waals surface area contributed by atoms with E-state index in [0.29, 0.717) is 19.5 Å². The summed E-state index contributed by atoms with van der Waals surface area (Å²) in [5.41, 5.74) is 1.05. The van der Waals surface area contributed by atoms with E-state index in [1.807, 2.05) is 20.0 Å². The van der Waals surface area contributed by atoms with Crippen LogP contribution in [-0.4, -0.2) is 39.5 Å². The second kappa shape index (κ2) is 7.52. The van der Waals surface area contributed by atoms with Gasteiger partial charge in [-0.05, 0) is 18.4 Å². The molecule has 0 saturated heterocycles. The minimum absolute atomic E-state index is 0.119. The van der Waals surface area contributed by atoms with Crippen LogP contribution < -0.4 is 10.6 Å². The van der Waals surface area contributed by atoms with Gasteiger partial charge in [-0.25, -0.2) is 9.59 Å². The Kier molecular flexibility index (Phi) is 6.02. The number of aliphatic carboxylic acids is 1. The van der Waals surface area contributed by atoms with Crippen LogP contribution in [0.1, 0.15) is 25.8 Å². The maximum Gasteiger partial charge on any atom is 0.326 e. The number of nitrogens with one attached hydrogen (secondary N) is 2. The molecule has 0 unspecified atom stereocenters. The molecule has 1 heterocycles. The van der Waals surface area contributed by atoms with Crippen LogP contribution in [-0.2, 0) is 11.3 Å². The quantitative estimate of drug-likeness (QED) is 0.695. The average molecular weight is 282 g/mol. The topological polar surface area (TPSA) is 96.3 Å². The molecular weight excluding hydrogens is 260 g/mol. The molecule has 1 rings (SSSR count). The Morgan fingerprint density at radius 2 is 2.20 bits per heavy atom. The summed E-state index contributed by atoms with van der Waals surface area (Å²) in [6.45, 7) is 6.56. The first-order valence-corrected chi connectivity index (χ1v) is 6.70. The number of aryl methyl sites for hydroxylation is 1. The molecule has 0 spiro atoms. The molecule has 0 aliphatic rings. The van der Waals surface area contributed by atoms with E-state index in [4.69, 9.17) is 5.11 Å². The van der Waals surface area contributed by atoms with Crippen LogP contribution in [0.5, 0.6) is 0 Å². The van der Waals surface area contributed by atoms with Crippen LogP contribution in [0.2, 0.25) is 0 Å². The molecule has 3 N–H and O–H groups in total. The van der Waals surface area contributed by atoms with E-state index < -0.39 is 18.0 Å². The van der Waals surface area contributed by atoms with Crippen molar-refractivity contribution in [2.24, 2.45) is 5.92 Å². The van der Waals surface area contributed by atoms with Crippen molar-refractivity contribution in [3.05, 3.63) is 18.0 Å². The summed E-state index contributed by atoms with van der Waals surface area (Å²) in [4.78, 5) is 22.7. The number of carbonyl (C=O) groups is 2. The first-order valence-electron chi connectivity index (χ1n) is 6.70. The highest BCUT2D eigenvalue weighted by molar-refractivity contribution is 5.82. The van der Waals surface area contributed by atoms with Crippen molar-refractivity contribution in [3.8, 4) is 0 Å². The van der Waals surface area contributed by atoms with Gasteiger partial charge >= 0.3 is 12.0 Å². The predicted molar refractivity (Wildman–Crippen MR) is 74.4 cm³/mol. The fourth-order valence-electron chi connectivity index (χ4n) is 1.75. The van der Waals surface area contributed by atoms with E-state index in [1.165, 1.54) is 0 Å². The molecule has 2 atom stereocenters. The molecule has 0 radical (unpaired) electrons. The predicted octanol–water partition coefficient (Wildman–Crippen LogP) is 0.990. The molecule has 0 bridgehead atoms. The molecule has 0 saturated carbocycles. The molecule has 7 nitrogen and oxygen atoms in total. The number of hydrogen-bond donors (Lipinski definition) is 3. The minimum Gasteiger partial charge on any atom is -0.480 e. The van der Waals surface area contributed by atoms with Gasteiger partial charge in [-0.15, -0.1) is 0 Å². The number of nitrogens with zero attached hydrogens (tertiary/aromatic N) is 2. The molecular formula is C13H22N4O3. The Bertz CT molecular complexity index is 458. The zero-order chi connectivity index (χ0) is 15.1. The maximum atomic E-state index is 11.7. The average Bonchev–Trinajstić information content (AvgIpc) is 2.80. The van der Waals surface area contributed by atoms with Gasteiger partial charge in [0.25, 0.3) is 0 Å². The van der Waals surface area contributed by atoms with Gasteiger partial charge in [-0.2, -0.15) is 5.10 Å². The van der Waals surface area contributed by atoms with Crippen molar-refractivity contribution in [1.82, 2.24) is 20.4 Å². The lowest BCUT2D eigenvalue weighted by molar-refractivity contribution is -0.140. The van der Waals surface area contributed by atoms with Gasteiger partial charge in [0, 0.05) is 12.7 Å². The molecule has 1 aromatic rings. The van der Waals surface area contributed by atoms with Crippen molar-refractivity contribution in [1.29, 1.82) is 0 Å². The summed E-state index contributed by atoms with van der Waals surface area (Å²) in [5.74, 6) is -1.13. The lowest BCUT2D eigenvalue weighted by Crippen LogP contribution is -2.49. The number of urea groups is 1. The third-order valence-corrected chi connectivity index (χ3v) is 3.15. The zero-order valence-electron chi connectivity index (χ0n) is 12.1. The van der Waals surface area contributed by atoms with E-state index >= 15 is 0 Å². The van der Waals surface area contributed by atoms with Gasteiger partial charge < -0.3 is 15.7 Å². The van der Waals surface area contributed by atoms with E-state index in [-0.39, 0.29) is 5.92 Å². The SMILES string of the molecule is CC[C@H](C)[C@H](NC(=O)NCCn1cc(C)cn1)C(=O)O. The van der Waals surface area contributed by atoms with Gasteiger partial charge in [0.1, 0.15) is 6.04 Å². The first-order chi connectivity index (χ1) is 9.43. The Morgan fingerprint density at radius 3 is 2.70 bits per heavy atom. The van der Waals surface area contributed by atoms with E-state index in [0.717, 1.165) is 5.56 Å². The lowest BCUT2D eigenvalue weighted by Gasteiger charge is -2.20. The van der Waals surface area contributed by atoms with Crippen LogP contribution in [0.3, 0.4) is 0 Å². The van der Waals surface area contributed by atoms with Crippen molar-refractivity contribution in [2.75, 3.05) is 6.54 Å². The lowest BCUT2D eigenvalue weighted by atomic mass is 9.99. The third-order valence-electron chi connectivity index (χ3n) is 3.15. The zero-order valence-corrected chi connectivity index (χ0v) is 12.1. The largest absolute Gasteiger partial charge is 0.480 e. The van der Waals surface area contributed by atoms with Crippen LogP contribution >= 0.6 is 0 Å². The summed E-state index contributed by atoms with van der Waals surface area (Å²) in [6, 6.07) is -1.34. The van der Waals surface area contributed by atoms with Crippen molar-refractivity contribution < 1.29 is 14.7 Å². The molecule has 7 heteroatoms. The first kappa shape index (κ1) is 16.0. The van der Waals surface area contributed by atoms with Crippen molar-refractivity contribution in [2.45, 2.75) is 39.8 Å². The minimum atomic E-state index is -1.02. The maximum absolute atomic E-state index is 11.7. The molecule has 0 aliphatic heterocycles. The Labute approximate surface area is 118 Å². The number of carboxylic acid groups (broad SMARTS) is 1. The van der Waals surface area contributed by atoms with Gasteiger partial charge in [0.15, 0.2) is 0 Å². The van der Waals surface area contributed by atoms with Gasteiger partial charge in [0.05, 0.1) is 12.7 Å². The molecule has 20 heavy (non-hydrogen) atoms. The number of carbonyl (C=O) groups excluding carboxylic acids is 1. The Hall–Kier alpha value is -2.05. The molecule has 2 amide bonds. The highest BCUT2D eigenvalue weighted by atomic mass is 16.4. The van der Waals surface area contributed by atoms with Gasteiger partial charge in [0.2, 0.25) is 0 Å². The number of aromatic nitrogens is 2. The van der Waals surface area contributed by atoms with Crippen molar-refractivity contribution in [3.63, 3.8) is 0 Å². The smallest absolute Gasteiger partial charge is 0.326 e. The summed E-state index contributed by atoms with van der Waals surface area (Å²) in [7, 11) is 0. The van der Waals surface area contributed by atoms with Crippen LogP contribution in [0.4, 0.5) is 4.79 Å². The van der Waals surface area contributed by atoms with Crippen molar-refractivity contribution >= 4 is 12.0 Å². The van der Waals surface area contributed by atoms with E-state index in [1.54, 1.807) is 17.8 Å². The fraction of sp³-hybridized carbons (Fsp3) is 0.615. The molecule has 0 aliphatic carbocycles. The van der Waals surface area contributed by atoms with E-state index in [2.05, 4.69) is 15.7 Å². The number of amides is 2. The van der Waals surface area contributed by atoms with E-state index in [9.17, 15) is 9.59 Å². The standard InChI is InChI=1S/C13H22N4O3/c1-4-10(3)11(12(18)19)16-13(20)14-5-6-17-8-9(2)7-15-17/h7-8,10-11H,4-6H2,1-3H3,(H,18,19)(H2,14,16,20)/t10-,11-/m0/s1. The second-order valence-electron chi connectivity index (χ2n) is 4.88. The van der Waals surface area contributed by atoms with Gasteiger partial charge in [-0.3, -0.25) is 4.68 Å². The Morgan fingerprint density at radius 1 is 1.50 bits per heavy atom. The number of hydrogen-bond acceptors (Lipinski definition) is 3. The fourth-order valence-corrected chi connectivity index (χ4v) is 1.75. The number of carboxylic acids is 1. The van der Waals surface area contributed by atoms with Crippen LogP contribution in [0.15, 0.2) is 12.4 Å². The summed E-state index contributed by atoms with van der Waals surface area (Å²) < 4.78 is 1.72. The number of rotatable bonds is 7. The summed E-state index contributed by atoms with van der Waals surface area (Å²) in [5, 5.41) is 18.3. The summed E-state index contributed by atoms with van der Waals surface area (Å²) >= 11 is 0. The van der Waals surface area contributed by atoms with Crippen LogP contribution in [0.25, 0.3) is 0 Å². The highest BCUT2D eigenvalue weighted by Crippen LogP contribution is 2.07. The monoisotopic (exact) mass is 282 g/mol. The van der Waals surface area contributed by atoms with Crippen LogP contribution in [0, 0.1) is 12.8 Å². The molecule has 1 aromatic heterocycles. The Balaban J connectivity index is 2.36. The second-order valence-corrected chi connectivity index (χ2v) is 4.88. The van der Waals surface area contributed by atoms with Gasteiger partial charge in [-0.1, -0.05) is 20.3 Å². The third kappa shape index (κ3) is 4.91. The molecule has 112 valence electrons. The molecule has 0 aromatic carbocycles. The molecule has 0 fully saturated rings. The summed E-state index contributed by atoms with van der Waals surface area (Å²) in [6.07, 6.45) is 4.30. The highest BCUT2D eigenvalue weighted by Gasteiger charge is 2.24. The normalized spacial score (nSPS) is 13.6.